The Kier molecular flexibility index (Phi) is 2.14. The van der Waals surface area contributed by atoms with Crippen molar-refractivity contribution < 1.29 is 36.2 Å². The van der Waals surface area contributed by atoms with E-state index >= 15 is 0 Å². The summed E-state index contributed by atoms with van der Waals surface area (Å²) in [6, 6.07) is 0. The highest BCUT2D eigenvalue weighted by Crippen LogP contribution is 2.89. The van der Waals surface area contributed by atoms with Crippen LogP contribution in [0.5, 0.6) is 0 Å². The number of halogens is 6. The fourth-order valence-electron chi connectivity index (χ4n) is 4.70. The average Bonchev–Trinajstić information content (AvgIpc) is 2.70. The molecule has 0 aromatic heterocycles. The molecule has 0 aromatic carbocycles. The zero-order chi connectivity index (χ0) is 15.5. The molecule has 0 spiro atoms. The Morgan fingerprint density at radius 1 is 1.10 bits per heavy atom. The first-order valence-electron chi connectivity index (χ1n) is 6.14. The number of carbonyl (C=O) groups excluding carboxylic acids is 1. The maximum atomic E-state index is 12.9. The fourth-order valence-corrected chi connectivity index (χ4v) is 4.70. The summed E-state index contributed by atoms with van der Waals surface area (Å²) < 4.78 is 77.3. The van der Waals surface area contributed by atoms with Crippen molar-refractivity contribution in [3.05, 3.63) is 0 Å². The third kappa shape index (κ3) is 1.06. The van der Waals surface area contributed by atoms with Gasteiger partial charge in [0.05, 0.1) is 5.92 Å². The van der Waals surface area contributed by atoms with Crippen molar-refractivity contribution in [3.8, 4) is 0 Å². The molecule has 20 heavy (non-hydrogen) atoms. The molecule has 114 valence electrons. The van der Waals surface area contributed by atoms with Crippen LogP contribution in [0.15, 0.2) is 0 Å². The second-order valence-corrected chi connectivity index (χ2v) is 6.56. The van der Waals surface area contributed by atoms with Crippen molar-refractivity contribution in [2.75, 3.05) is 0 Å². The molecule has 0 radical (unpaired) electrons. The van der Waals surface area contributed by atoms with Crippen molar-refractivity contribution in [2.45, 2.75) is 38.2 Å². The summed E-state index contributed by atoms with van der Waals surface area (Å²) >= 11 is 0. The molecule has 2 nitrogen and oxygen atoms in total. The van der Waals surface area contributed by atoms with Crippen LogP contribution in [0.2, 0.25) is 0 Å². The van der Waals surface area contributed by atoms with Crippen LogP contribution >= 0.6 is 0 Å². The van der Waals surface area contributed by atoms with Crippen LogP contribution in [0.25, 0.3) is 0 Å². The Hall–Kier alpha value is -0.790. The normalized spacial score (nSPS) is 47.0. The van der Waals surface area contributed by atoms with Crippen LogP contribution in [0.4, 0.5) is 26.3 Å². The number of hydrogen-bond acceptors (Lipinski definition) is 2. The molecule has 0 saturated heterocycles. The molecular formula is C12H12F6O2. The molecular weight excluding hydrogens is 290 g/mol. The van der Waals surface area contributed by atoms with Gasteiger partial charge in [0.25, 0.3) is 5.60 Å². The molecule has 0 aromatic rings. The van der Waals surface area contributed by atoms with Gasteiger partial charge >= 0.3 is 12.4 Å². The van der Waals surface area contributed by atoms with Crippen molar-refractivity contribution in [3.63, 3.8) is 0 Å². The van der Waals surface area contributed by atoms with Crippen molar-refractivity contribution >= 4 is 5.78 Å². The minimum Gasteiger partial charge on any atom is -0.373 e. The van der Waals surface area contributed by atoms with E-state index in [0.717, 1.165) is 0 Å². The fraction of sp³-hybridized carbons (Fsp3) is 0.917. The lowest BCUT2D eigenvalue weighted by atomic mass is 9.58. The van der Waals surface area contributed by atoms with E-state index < -0.39 is 46.4 Å². The van der Waals surface area contributed by atoms with Gasteiger partial charge in [0, 0.05) is 5.41 Å². The monoisotopic (exact) mass is 302 g/mol. The van der Waals surface area contributed by atoms with E-state index in [4.69, 9.17) is 0 Å². The van der Waals surface area contributed by atoms with Gasteiger partial charge in [0.1, 0.15) is 5.78 Å². The van der Waals surface area contributed by atoms with Crippen LogP contribution in [0.1, 0.15) is 20.3 Å². The standard InChI is InChI=1S/C12H12F6O2/c1-8-3-4-5(9(4,8)2)6(7(8)19)10(20,11(13,14)15)12(16,17)18/h4-6,20H,3H2,1-2H3. The third-order valence-corrected chi connectivity index (χ3v) is 6.10. The number of aliphatic hydroxyl groups is 1. The van der Waals surface area contributed by atoms with Crippen LogP contribution < -0.4 is 0 Å². The summed E-state index contributed by atoms with van der Waals surface area (Å²) in [4.78, 5) is 12.1. The van der Waals surface area contributed by atoms with E-state index in [1.54, 1.807) is 0 Å². The first-order chi connectivity index (χ1) is 8.74. The molecule has 5 atom stereocenters. The number of carbonyl (C=O) groups is 1. The molecule has 3 rings (SSSR count). The number of Topliss-reactive ketones (excluding diaryl/α,β-unsaturated/α-hetero) is 1. The van der Waals surface area contributed by atoms with Gasteiger partial charge in [-0.3, -0.25) is 4.79 Å². The molecule has 3 fully saturated rings. The Balaban J connectivity index is 2.11. The van der Waals surface area contributed by atoms with E-state index in [1.165, 1.54) is 13.8 Å². The lowest BCUT2D eigenvalue weighted by Gasteiger charge is -2.46. The number of fused-ring (bicyclic) bond motifs is 1. The highest BCUT2D eigenvalue weighted by molar-refractivity contribution is 5.96. The number of rotatable bonds is 1. The summed E-state index contributed by atoms with van der Waals surface area (Å²) in [5, 5.41) is 9.45. The Morgan fingerprint density at radius 3 is 1.85 bits per heavy atom. The Morgan fingerprint density at radius 2 is 1.55 bits per heavy atom. The summed E-state index contributed by atoms with van der Waals surface area (Å²) in [5.41, 5.74) is -6.94. The van der Waals surface area contributed by atoms with Gasteiger partial charge in [-0.25, -0.2) is 0 Å². The van der Waals surface area contributed by atoms with Gasteiger partial charge in [-0.15, -0.1) is 0 Å². The smallest absolute Gasteiger partial charge is 0.373 e. The summed E-state index contributed by atoms with van der Waals surface area (Å²) in [7, 11) is 0. The van der Waals surface area contributed by atoms with E-state index in [9.17, 15) is 36.2 Å². The van der Waals surface area contributed by atoms with Crippen LogP contribution in [-0.4, -0.2) is 28.8 Å². The van der Waals surface area contributed by atoms with Gasteiger partial charge < -0.3 is 5.11 Å². The van der Waals surface area contributed by atoms with Gasteiger partial charge in [-0.05, 0) is 23.7 Å². The SMILES string of the molecule is CC12CC3C(C(C(O)(C(F)(F)F)C(F)(F)F)C1=O)C32C. The van der Waals surface area contributed by atoms with Gasteiger partial charge in [-0.1, -0.05) is 13.8 Å². The molecule has 5 unspecified atom stereocenters. The largest absolute Gasteiger partial charge is 0.427 e. The zero-order valence-corrected chi connectivity index (χ0v) is 10.6. The summed E-state index contributed by atoms with van der Waals surface area (Å²) in [6.45, 7) is 2.94. The molecule has 3 saturated carbocycles. The second-order valence-electron chi connectivity index (χ2n) is 6.56. The van der Waals surface area contributed by atoms with Crippen molar-refractivity contribution in [1.82, 2.24) is 0 Å². The molecule has 0 amide bonds. The summed E-state index contributed by atoms with van der Waals surface area (Å²) in [6.07, 6.45) is -11.5. The minimum atomic E-state index is -5.93. The molecule has 0 heterocycles. The first-order valence-corrected chi connectivity index (χ1v) is 6.14. The quantitative estimate of drug-likeness (QED) is 0.756. The number of alkyl halides is 6. The minimum absolute atomic E-state index is 0.315. The van der Waals surface area contributed by atoms with E-state index in [1.807, 2.05) is 0 Å². The van der Waals surface area contributed by atoms with Crippen molar-refractivity contribution in [1.29, 1.82) is 0 Å². The van der Waals surface area contributed by atoms with Gasteiger partial charge in [0.15, 0.2) is 0 Å². The number of ketones is 1. The molecule has 1 N–H and O–H groups in total. The predicted octanol–water partition coefficient (Wildman–Crippen LogP) is 2.70. The Bertz CT molecular complexity index is 495. The highest BCUT2D eigenvalue weighted by atomic mass is 19.4. The molecule has 8 heteroatoms. The molecule has 3 aliphatic rings. The molecule has 0 bridgehead atoms. The average molecular weight is 302 g/mol. The first kappa shape index (κ1) is 14.2. The van der Waals surface area contributed by atoms with Gasteiger partial charge in [-0.2, -0.15) is 26.3 Å². The van der Waals surface area contributed by atoms with Crippen LogP contribution in [0.3, 0.4) is 0 Å². The zero-order valence-electron chi connectivity index (χ0n) is 10.6. The topological polar surface area (TPSA) is 37.3 Å². The van der Waals surface area contributed by atoms with E-state index in [-0.39, 0.29) is 5.92 Å². The predicted molar refractivity (Wildman–Crippen MR) is 53.4 cm³/mol. The number of hydrogen-bond donors (Lipinski definition) is 1. The van der Waals surface area contributed by atoms with Crippen molar-refractivity contribution in [2.24, 2.45) is 28.6 Å². The highest BCUT2D eigenvalue weighted by Gasteiger charge is 2.94. The maximum Gasteiger partial charge on any atom is 0.427 e. The Labute approximate surface area is 110 Å². The maximum absolute atomic E-state index is 12.9. The lowest BCUT2D eigenvalue weighted by molar-refractivity contribution is -0.382. The van der Waals surface area contributed by atoms with Gasteiger partial charge in [0.2, 0.25) is 0 Å². The molecule has 3 aliphatic carbocycles. The second kappa shape index (κ2) is 3.03. The van der Waals surface area contributed by atoms with Crippen LogP contribution in [0, 0.1) is 28.6 Å². The molecule has 0 aliphatic heterocycles. The third-order valence-electron chi connectivity index (χ3n) is 6.10. The summed E-state index contributed by atoms with van der Waals surface area (Å²) in [5.74, 6) is -4.90. The lowest BCUT2D eigenvalue weighted by Crippen LogP contribution is -2.65. The van der Waals surface area contributed by atoms with E-state index in [2.05, 4.69) is 0 Å². The van der Waals surface area contributed by atoms with E-state index in [0.29, 0.717) is 6.42 Å². The van der Waals surface area contributed by atoms with Crippen LogP contribution in [-0.2, 0) is 4.79 Å².